The molecule has 2 heteroatoms. The normalized spacial score (nSPS) is 27.8. The lowest BCUT2D eigenvalue weighted by Gasteiger charge is -2.29. The van der Waals surface area contributed by atoms with E-state index < -0.39 is 0 Å². The summed E-state index contributed by atoms with van der Waals surface area (Å²) < 4.78 is 1.14. The molecule has 1 unspecified atom stereocenters. The predicted molar refractivity (Wildman–Crippen MR) is 81.6 cm³/mol. The van der Waals surface area contributed by atoms with E-state index in [1.807, 2.05) is 0 Å². The van der Waals surface area contributed by atoms with Crippen LogP contribution in [0.2, 0.25) is 0 Å². The van der Waals surface area contributed by atoms with E-state index in [4.69, 9.17) is 5.73 Å². The predicted octanol–water partition coefficient (Wildman–Crippen LogP) is 4.68. The van der Waals surface area contributed by atoms with Crippen molar-refractivity contribution in [3.8, 4) is 0 Å². The molecule has 1 atom stereocenters. The molecule has 0 bridgehead atoms. The molecule has 1 aliphatic rings. The molecule has 0 heterocycles. The van der Waals surface area contributed by atoms with Gasteiger partial charge in [-0.3, -0.25) is 0 Å². The van der Waals surface area contributed by atoms with E-state index in [0.717, 1.165) is 23.7 Å². The average Bonchev–Trinajstić information content (AvgIpc) is 2.42. The minimum Gasteiger partial charge on any atom is -0.325 e. The van der Waals surface area contributed by atoms with Gasteiger partial charge in [0.25, 0.3) is 0 Å². The van der Waals surface area contributed by atoms with E-state index in [-0.39, 0.29) is 5.54 Å². The molecule has 1 aliphatic carbocycles. The summed E-state index contributed by atoms with van der Waals surface area (Å²) in [6.07, 6.45) is 7.14. The summed E-state index contributed by atoms with van der Waals surface area (Å²) in [6, 6.07) is 8.60. The van der Waals surface area contributed by atoms with Gasteiger partial charge < -0.3 is 5.73 Å². The number of benzene rings is 1. The first-order valence-electron chi connectivity index (χ1n) is 6.92. The maximum Gasteiger partial charge on any atom is 0.0195 e. The third-order valence-electron chi connectivity index (χ3n) is 4.30. The molecule has 1 saturated carbocycles. The fourth-order valence-electron chi connectivity index (χ4n) is 2.94. The Balaban J connectivity index is 2.05. The second-order valence-electron chi connectivity index (χ2n) is 6.68. The highest BCUT2D eigenvalue weighted by atomic mass is 79.9. The molecular formula is C16H24BrN. The molecule has 2 rings (SSSR count). The lowest BCUT2D eigenvalue weighted by atomic mass is 9.82. The van der Waals surface area contributed by atoms with Crippen LogP contribution in [-0.2, 0) is 6.42 Å². The van der Waals surface area contributed by atoms with Gasteiger partial charge in [-0.25, -0.2) is 0 Å². The van der Waals surface area contributed by atoms with Gasteiger partial charge in [0.05, 0.1) is 0 Å². The Hall–Kier alpha value is -0.340. The van der Waals surface area contributed by atoms with Crippen molar-refractivity contribution in [2.24, 2.45) is 11.1 Å². The highest BCUT2D eigenvalue weighted by molar-refractivity contribution is 9.10. The zero-order valence-electron chi connectivity index (χ0n) is 11.5. The highest BCUT2D eigenvalue weighted by Gasteiger charge is 2.32. The van der Waals surface area contributed by atoms with E-state index in [0.29, 0.717) is 5.41 Å². The molecule has 18 heavy (non-hydrogen) atoms. The Morgan fingerprint density at radius 2 is 1.72 bits per heavy atom. The summed E-state index contributed by atoms with van der Waals surface area (Å²) in [5.74, 6) is 0. The van der Waals surface area contributed by atoms with Crippen molar-refractivity contribution in [2.45, 2.75) is 57.9 Å². The molecule has 100 valence electrons. The molecule has 0 radical (unpaired) electrons. The molecule has 0 spiro atoms. The van der Waals surface area contributed by atoms with Crippen LogP contribution in [0, 0.1) is 5.41 Å². The highest BCUT2D eigenvalue weighted by Crippen LogP contribution is 2.38. The molecule has 0 saturated heterocycles. The SMILES string of the molecule is CC1(C)CCCC(N)(Cc2ccc(Br)cc2)CC1. The second kappa shape index (κ2) is 5.34. The van der Waals surface area contributed by atoms with Crippen LogP contribution in [0.5, 0.6) is 0 Å². The monoisotopic (exact) mass is 309 g/mol. The topological polar surface area (TPSA) is 26.0 Å². The Bertz CT molecular complexity index is 396. The number of hydrogen-bond donors (Lipinski definition) is 1. The van der Waals surface area contributed by atoms with E-state index in [1.165, 1.54) is 24.8 Å². The second-order valence-corrected chi connectivity index (χ2v) is 7.60. The smallest absolute Gasteiger partial charge is 0.0195 e. The van der Waals surface area contributed by atoms with Gasteiger partial charge >= 0.3 is 0 Å². The molecule has 1 nitrogen and oxygen atoms in total. The molecular weight excluding hydrogens is 286 g/mol. The minimum atomic E-state index is 0.00159. The van der Waals surface area contributed by atoms with Crippen LogP contribution in [0.25, 0.3) is 0 Å². The molecule has 1 fully saturated rings. The van der Waals surface area contributed by atoms with Crippen LogP contribution in [-0.4, -0.2) is 5.54 Å². The van der Waals surface area contributed by atoms with Crippen molar-refractivity contribution in [1.82, 2.24) is 0 Å². The largest absolute Gasteiger partial charge is 0.325 e. The van der Waals surface area contributed by atoms with Gasteiger partial charge in [-0.15, -0.1) is 0 Å². The van der Waals surface area contributed by atoms with Gasteiger partial charge in [-0.1, -0.05) is 48.3 Å². The molecule has 2 N–H and O–H groups in total. The summed E-state index contributed by atoms with van der Waals surface area (Å²) in [5, 5.41) is 0. The Kier molecular flexibility index (Phi) is 4.18. The van der Waals surface area contributed by atoms with Crippen LogP contribution in [0.15, 0.2) is 28.7 Å². The molecule has 0 aromatic heterocycles. The molecule has 0 amide bonds. The number of hydrogen-bond acceptors (Lipinski definition) is 1. The average molecular weight is 310 g/mol. The van der Waals surface area contributed by atoms with Gasteiger partial charge in [0, 0.05) is 10.0 Å². The molecule has 0 aliphatic heterocycles. The Labute approximate surface area is 119 Å². The quantitative estimate of drug-likeness (QED) is 0.789. The van der Waals surface area contributed by atoms with Crippen molar-refractivity contribution in [3.05, 3.63) is 34.3 Å². The van der Waals surface area contributed by atoms with Crippen LogP contribution in [0.4, 0.5) is 0 Å². The van der Waals surface area contributed by atoms with E-state index in [1.54, 1.807) is 0 Å². The van der Waals surface area contributed by atoms with Crippen molar-refractivity contribution in [2.75, 3.05) is 0 Å². The van der Waals surface area contributed by atoms with Gasteiger partial charge in [0.1, 0.15) is 0 Å². The van der Waals surface area contributed by atoms with Crippen molar-refractivity contribution in [3.63, 3.8) is 0 Å². The number of nitrogens with two attached hydrogens (primary N) is 1. The fraction of sp³-hybridized carbons (Fsp3) is 0.625. The fourth-order valence-corrected chi connectivity index (χ4v) is 3.21. The summed E-state index contributed by atoms with van der Waals surface area (Å²) in [5.41, 5.74) is 8.47. The first-order chi connectivity index (χ1) is 8.39. The third-order valence-corrected chi connectivity index (χ3v) is 4.83. The molecule has 1 aromatic carbocycles. The zero-order valence-corrected chi connectivity index (χ0v) is 13.1. The van der Waals surface area contributed by atoms with Crippen molar-refractivity contribution >= 4 is 15.9 Å². The maximum atomic E-state index is 6.64. The molecule has 1 aromatic rings. The lowest BCUT2D eigenvalue weighted by molar-refractivity contribution is 0.297. The minimum absolute atomic E-state index is 0.00159. The van der Waals surface area contributed by atoms with E-state index in [9.17, 15) is 0 Å². The summed E-state index contributed by atoms with van der Waals surface area (Å²) >= 11 is 3.48. The van der Waals surface area contributed by atoms with Crippen LogP contribution in [0.1, 0.15) is 51.5 Å². The third kappa shape index (κ3) is 3.83. The zero-order chi connectivity index (χ0) is 13.2. The Morgan fingerprint density at radius 3 is 2.39 bits per heavy atom. The van der Waals surface area contributed by atoms with Crippen molar-refractivity contribution in [1.29, 1.82) is 0 Å². The summed E-state index contributed by atoms with van der Waals surface area (Å²) in [4.78, 5) is 0. The van der Waals surface area contributed by atoms with Crippen molar-refractivity contribution < 1.29 is 0 Å². The standard InChI is InChI=1S/C16H24BrN/c1-15(2)8-3-9-16(18,11-10-15)12-13-4-6-14(17)7-5-13/h4-7H,3,8-12,18H2,1-2H3. The van der Waals surface area contributed by atoms with Crippen LogP contribution in [0.3, 0.4) is 0 Å². The summed E-state index contributed by atoms with van der Waals surface area (Å²) in [6.45, 7) is 4.75. The summed E-state index contributed by atoms with van der Waals surface area (Å²) in [7, 11) is 0. The number of halogens is 1. The first kappa shape index (κ1) is 14.1. The van der Waals surface area contributed by atoms with E-state index in [2.05, 4.69) is 54.0 Å². The first-order valence-corrected chi connectivity index (χ1v) is 7.71. The van der Waals surface area contributed by atoms with Gasteiger partial charge in [0.2, 0.25) is 0 Å². The van der Waals surface area contributed by atoms with Crippen LogP contribution < -0.4 is 5.73 Å². The van der Waals surface area contributed by atoms with Gasteiger partial charge in [-0.05, 0) is 55.2 Å². The number of rotatable bonds is 2. The van der Waals surface area contributed by atoms with Gasteiger partial charge in [0.15, 0.2) is 0 Å². The maximum absolute atomic E-state index is 6.64. The van der Waals surface area contributed by atoms with Gasteiger partial charge in [-0.2, -0.15) is 0 Å². The van der Waals surface area contributed by atoms with E-state index >= 15 is 0 Å². The Morgan fingerprint density at radius 1 is 1.06 bits per heavy atom. The lowest BCUT2D eigenvalue weighted by Crippen LogP contribution is -2.41. The van der Waals surface area contributed by atoms with Crippen LogP contribution >= 0.6 is 15.9 Å².